The highest BCUT2D eigenvalue weighted by atomic mass is 32.2. The third-order valence-electron chi connectivity index (χ3n) is 4.67. The van der Waals surface area contributed by atoms with Crippen molar-refractivity contribution in [3.05, 3.63) is 70.5 Å². The van der Waals surface area contributed by atoms with Crippen molar-refractivity contribution in [2.45, 2.75) is 32.4 Å². The minimum Gasteiger partial charge on any atom is -0.298 e. The Labute approximate surface area is 167 Å². The van der Waals surface area contributed by atoms with Crippen molar-refractivity contribution in [2.75, 3.05) is 5.75 Å². The van der Waals surface area contributed by atoms with Gasteiger partial charge in [-0.25, -0.2) is 9.40 Å². The molecule has 0 saturated heterocycles. The van der Waals surface area contributed by atoms with E-state index in [1.165, 1.54) is 23.9 Å². The Hall–Kier alpha value is -2.67. The molecule has 2 aromatic carbocycles. The zero-order valence-corrected chi connectivity index (χ0v) is 16.4. The van der Waals surface area contributed by atoms with Crippen molar-refractivity contribution in [1.82, 2.24) is 10.3 Å². The molecule has 0 spiro atoms. The zero-order chi connectivity index (χ0) is 19.5. The molecule has 1 unspecified atom stereocenters. The molecule has 2 aliphatic heterocycles. The van der Waals surface area contributed by atoms with Crippen LogP contribution in [0.5, 0.6) is 0 Å². The molecule has 5 nitrogen and oxygen atoms in total. The van der Waals surface area contributed by atoms with Crippen LogP contribution in [0.2, 0.25) is 0 Å². The number of unbranched alkanes of at least 4 members (excludes halogenated alkanes) is 2. The number of nitrogens with zero attached hydrogens (tertiary/aromatic N) is 3. The van der Waals surface area contributed by atoms with Gasteiger partial charge in [0, 0.05) is 11.0 Å². The van der Waals surface area contributed by atoms with Crippen LogP contribution in [-0.4, -0.2) is 21.8 Å². The number of halogens is 1. The van der Waals surface area contributed by atoms with E-state index in [0.29, 0.717) is 10.9 Å². The number of hydrogen-bond donors (Lipinski definition) is 1. The summed E-state index contributed by atoms with van der Waals surface area (Å²) < 4.78 is 13.4. The molecule has 7 heteroatoms. The zero-order valence-electron chi connectivity index (χ0n) is 15.6. The molecular formula is C21H21FN4OS. The highest BCUT2D eigenvalue weighted by Crippen LogP contribution is 2.30. The van der Waals surface area contributed by atoms with E-state index in [4.69, 9.17) is 4.99 Å². The van der Waals surface area contributed by atoms with Crippen molar-refractivity contribution in [3.8, 4) is 0 Å². The lowest BCUT2D eigenvalue weighted by atomic mass is 10.1. The Bertz CT molecular complexity index is 1040. The Morgan fingerprint density at radius 2 is 1.93 bits per heavy atom. The maximum Gasteiger partial charge on any atom is 0.276 e. The molecule has 0 saturated carbocycles. The fourth-order valence-electron chi connectivity index (χ4n) is 3.27. The Kier molecular flexibility index (Phi) is 5.43. The summed E-state index contributed by atoms with van der Waals surface area (Å²) in [4.78, 5) is 17.7. The molecule has 0 aliphatic carbocycles. The number of carbonyl (C=O) groups excluding carboxylic acids is 1. The SMILES string of the molecule is CCCCCSC1=NN2C(=c3ccccc3=NC2c2ccc(F)cc2)C(=O)N1. The van der Waals surface area contributed by atoms with Gasteiger partial charge in [-0.2, -0.15) is 0 Å². The average molecular weight is 396 g/mol. The van der Waals surface area contributed by atoms with Gasteiger partial charge in [0.25, 0.3) is 5.91 Å². The lowest BCUT2D eigenvalue weighted by Crippen LogP contribution is -2.50. The lowest BCUT2D eigenvalue weighted by Gasteiger charge is -2.34. The predicted molar refractivity (Wildman–Crippen MR) is 109 cm³/mol. The normalized spacial score (nSPS) is 18.0. The van der Waals surface area contributed by atoms with Gasteiger partial charge in [0.1, 0.15) is 11.5 Å². The molecule has 1 atom stereocenters. The summed E-state index contributed by atoms with van der Waals surface area (Å²) >= 11 is 1.54. The van der Waals surface area contributed by atoms with Gasteiger partial charge in [-0.1, -0.05) is 61.9 Å². The monoisotopic (exact) mass is 396 g/mol. The number of thioether (sulfide) groups is 1. The smallest absolute Gasteiger partial charge is 0.276 e. The minimum absolute atomic E-state index is 0.192. The van der Waals surface area contributed by atoms with Crippen LogP contribution in [0.1, 0.15) is 37.9 Å². The fourth-order valence-corrected chi connectivity index (χ4v) is 4.12. The Morgan fingerprint density at radius 1 is 1.14 bits per heavy atom. The van der Waals surface area contributed by atoms with Crippen molar-refractivity contribution in [3.63, 3.8) is 0 Å². The van der Waals surface area contributed by atoms with Crippen molar-refractivity contribution < 1.29 is 9.18 Å². The standard InChI is InChI=1S/C21H21FN4OS/c1-2-3-6-13-28-21-24-20(27)18-16-7-4-5-8-17(16)23-19(26(18)25-21)14-9-11-15(22)12-10-14/h4-5,7-12,19H,2-3,6,13H2,1H3,(H,24,25,27). The summed E-state index contributed by atoms with van der Waals surface area (Å²) in [5.74, 6) is 0.393. The van der Waals surface area contributed by atoms with Crippen LogP contribution in [0.4, 0.5) is 4.39 Å². The van der Waals surface area contributed by atoms with Gasteiger partial charge in [-0.15, -0.1) is 5.10 Å². The number of amides is 1. The predicted octanol–water partition coefficient (Wildman–Crippen LogP) is 2.89. The number of hydrogen-bond acceptors (Lipinski definition) is 5. The molecule has 2 heterocycles. The van der Waals surface area contributed by atoms with E-state index in [-0.39, 0.29) is 11.7 Å². The number of hydrazone groups is 1. The van der Waals surface area contributed by atoms with Gasteiger partial charge in [-0.05, 0) is 30.2 Å². The highest BCUT2D eigenvalue weighted by Gasteiger charge is 2.34. The van der Waals surface area contributed by atoms with E-state index in [9.17, 15) is 9.18 Å². The first-order chi connectivity index (χ1) is 13.7. The molecule has 4 rings (SSSR count). The molecule has 0 bridgehead atoms. The van der Waals surface area contributed by atoms with Crippen LogP contribution in [0.3, 0.4) is 0 Å². The van der Waals surface area contributed by atoms with Gasteiger partial charge in [0.2, 0.25) is 0 Å². The maximum atomic E-state index is 13.4. The molecule has 0 aromatic heterocycles. The van der Waals surface area contributed by atoms with Crippen LogP contribution in [0.25, 0.3) is 5.70 Å². The summed E-state index contributed by atoms with van der Waals surface area (Å²) in [7, 11) is 0. The van der Waals surface area contributed by atoms with Crippen molar-refractivity contribution >= 4 is 28.5 Å². The van der Waals surface area contributed by atoms with Gasteiger partial charge >= 0.3 is 0 Å². The van der Waals surface area contributed by atoms with E-state index in [1.54, 1.807) is 17.1 Å². The third-order valence-corrected chi connectivity index (χ3v) is 5.62. The largest absolute Gasteiger partial charge is 0.298 e. The van der Waals surface area contributed by atoms with Gasteiger partial charge in [0.05, 0.1) is 5.36 Å². The van der Waals surface area contributed by atoms with Gasteiger partial charge in [0.15, 0.2) is 11.3 Å². The van der Waals surface area contributed by atoms with E-state index in [0.717, 1.165) is 41.2 Å². The number of amidine groups is 1. The first kappa shape index (κ1) is 18.7. The van der Waals surface area contributed by atoms with E-state index in [1.807, 2.05) is 24.3 Å². The first-order valence-corrected chi connectivity index (χ1v) is 10.4. The summed E-state index contributed by atoms with van der Waals surface area (Å²) in [5.41, 5.74) is 1.25. The maximum absolute atomic E-state index is 13.4. The topological polar surface area (TPSA) is 57.1 Å². The number of rotatable bonds is 5. The minimum atomic E-state index is -0.511. The van der Waals surface area contributed by atoms with Crippen LogP contribution in [0, 0.1) is 5.82 Å². The molecule has 0 radical (unpaired) electrons. The number of fused-ring (bicyclic) bond motifs is 2. The summed E-state index contributed by atoms with van der Waals surface area (Å²) in [6.07, 6.45) is 2.85. The lowest BCUT2D eigenvalue weighted by molar-refractivity contribution is -0.116. The molecule has 1 N–H and O–H groups in total. The summed E-state index contributed by atoms with van der Waals surface area (Å²) in [6, 6.07) is 13.7. The van der Waals surface area contributed by atoms with Crippen LogP contribution in [-0.2, 0) is 4.79 Å². The van der Waals surface area contributed by atoms with E-state index >= 15 is 0 Å². The second kappa shape index (κ2) is 8.14. The Morgan fingerprint density at radius 3 is 2.71 bits per heavy atom. The van der Waals surface area contributed by atoms with E-state index < -0.39 is 6.17 Å². The Balaban J connectivity index is 1.76. The molecule has 144 valence electrons. The summed E-state index contributed by atoms with van der Waals surface area (Å²) in [6.45, 7) is 2.16. The second-order valence-corrected chi connectivity index (χ2v) is 7.76. The second-order valence-electron chi connectivity index (χ2n) is 6.68. The van der Waals surface area contributed by atoms with Gasteiger partial charge < -0.3 is 0 Å². The quantitative estimate of drug-likeness (QED) is 0.791. The first-order valence-electron chi connectivity index (χ1n) is 9.42. The molecule has 2 aliphatic rings. The molecular weight excluding hydrogens is 375 g/mol. The van der Waals surface area contributed by atoms with Crippen molar-refractivity contribution in [1.29, 1.82) is 0 Å². The molecule has 1 amide bonds. The van der Waals surface area contributed by atoms with Crippen LogP contribution >= 0.6 is 11.8 Å². The number of benzene rings is 2. The number of carbonyl (C=O) groups is 1. The molecule has 28 heavy (non-hydrogen) atoms. The van der Waals surface area contributed by atoms with Gasteiger partial charge in [-0.3, -0.25) is 15.1 Å². The average Bonchev–Trinajstić information content (AvgIpc) is 2.71. The van der Waals surface area contributed by atoms with Crippen LogP contribution < -0.4 is 15.9 Å². The van der Waals surface area contributed by atoms with E-state index in [2.05, 4.69) is 17.3 Å². The number of para-hydroxylation sites is 1. The molecule has 0 fully saturated rings. The highest BCUT2D eigenvalue weighted by molar-refractivity contribution is 8.13. The number of nitrogens with one attached hydrogen (secondary N) is 1. The van der Waals surface area contributed by atoms with Crippen molar-refractivity contribution in [2.24, 2.45) is 10.1 Å². The molecule has 2 aromatic rings. The van der Waals surface area contributed by atoms with Crippen LogP contribution in [0.15, 0.2) is 58.6 Å². The summed E-state index contributed by atoms with van der Waals surface area (Å²) in [5, 5.41) is 11.3. The third kappa shape index (κ3) is 3.67. The fraction of sp³-hybridized carbons (Fsp3) is 0.286.